The van der Waals surface area contributed by atoms with Gasteiger partial charge in [0, 0.05) is 42.5 Å². The van der Waals surface area contributed by atoms with Gasteiger partial charge in [0.25, 0.3) is 0 Å². The highest BCUT2D eigenvalue weighted by molar-refractivity contribution is 6.00. The summed E-state index contributed by atoms with van der Waals surface area (Å²) in [5.74, 6) is 0.120. The zero-order valence-corrected chi connectivity index (χ0v) is 39.9. The molecule has 3 amide bonds. The van der Waals surface area contributed by atoms with Gasteiger partial charge in [-0.05, 0) is 98.3 Å². The van der Waals surface area contributed by atoms with Gasteiger partial charge in [0.05, 0.1) is 72.4 Å². The van der Waals surface area contributed by atoms with Crippen molar-refractivity contribution in [1.82, 2.24) is 15.2 Å². The fourth-order valence-corrected chi connectivity index (χ4v) is 7.59. The molecule has 18 nitrogen and oxygen atoms in total. The minimum Gasteiger partial charge on any atom is -0.491 e. The number of aryl methyl sites for hydroxylation is 1. The van der Waals surface area contributed by atoms with Gasteiger partial charge in [-0.25, -0.2) is 9.78 Å². The molecule has 366 valence electrons. The van der Waals surface area contributed by atoms with E-state index in [-0.39, 0.29) is 31.2 Å². The van der Waals surface area contributed by atoms with Gasteiger partial charge in [0.1, 0.15) is 29.8 Å². The zero-order chi connectivity index (χ0) is 48.7. The predicted octanol–water partition coefficient (Wildman–Crippen LogP) is 7.90. The standard InChI is InChI=1S/C50H65N7O11/c1-36-20-21-52-45(34-36)57(49(61)68-50(2,3)4)24-9-13-46(58)56-23-8-12-43(56)48(60)54-42(35-47(59)62-5)38-16-14-37(15-17-38)39-18-19-44(41-11-7-6-10-40(39)41)67-33-32-66-31-30-65-29-28-64-27-26-63-25-22-53-55-51/h6-7,10-11,14-21,34,42-43H,8-9,12-13,22-33,35H2,1-5H3,(H,54,60)/t42-,43-/m0/s1. The molecule has 0 radical (unpaired) electrons. The summed E-state index contributed by atoms with van der Waals surface area (Å²) in [5.41, 5.74) is 11.1. The van der Waals surface area contributed by atoms with Crippen LogP contribution in [0.25, 0.3) is 32.3 Å². The maximum Gasteiger partial charge on any atom is 0.416 e. The molecule has 1 aliphatic rings. The number of rotatable bonds is 27. The molecule has 2 heterocycles. The number of methoxy groups -OCH3 is 1. The number of aromatic nitrogens is 1. The van der Waals surface area contributed by atoms with Crippen molar-refractivity contribution in [2.75, 3.05) is 91.1 Å². The first-order valence-corrected chi connectivity index (χ1v) is 23.0. The maximum atomic E-state index is 14.0. The van der Waals surface area contributed by atoms with Crippen LogP contribution in [0.5, 0.6) is 5.75 Å². The van der Waals surface area contributed by atoms with Gasteiger partial charge in [-0.2, -0.15) is 0 Å². The predicted molar refractivity (Wildman–Crippen MR) is 256 cm³/mol. The van der Waals surface area contributed by atoms with Crippen molar-refractivity contribution < 1.29 is 52.3 Å². The Hall–Kier alpha value is -6.30. The summed E-state index contributed by atoms with van der Waals surface area (Å²) in [6.45, 7) is 11.8. The van der Waals surface area contributed by atoms with E-state index in [1.807, 2.05) is 73.7 Å². The third-order valence-electron chi connectivity index (χ3n) is 10.9. The van der Waals surface area contributed by atoms with Gasteiger partial charge in [-0.15, -0.1) is 0 Å². The molecule has 0 aliphatic carbocycles. The minimum atomic E-state index is -0.722. The number of nitrogens with one attached hydrogen (secondary N) is 1. The molecule has 1 saturated heterocycles. The quantitative estimate of drug-likeness (QED) is 0.0199. The summed E-state index contributed by atoms with van der Waals surface area (Å²) in [7, 11) is 1.31. The Morgan fingerprint density at radius 3 is 2.19 bits per heavy atom. The first kappa shape index (κ1) is 52.7. The van der Waals surface area contributed by atoms with Crippen LogP contribution in [-0.2, 0) is 42.8 Å². The molecule has 0 spiro atoms. The lowest BCUT2D eigenvalue weighted by Crippen LogP contribution is -2.47. The van der Waals surface area contributed by atoms with Gasteiger partial charge >= 0.3 is 12.1 Å². The van der Waals surface area contributed by atoms with Crippen molar-refractivity contribution in [2.45, 2.75) is 77.5 Å². The molecule has 0 bridgehead atoms. The van der Waals surface area contributed by atoms with Crippen LogP contribution in [0.15, 0.2) is 84.1 Å². The third-order valence-corrected chi connectivity index (χ3v) is 10.9. The molecule has 0 saturated carbocycles. The Labute approximate surface area is 398 Å². The Bertz CT molecular complexity index is 2300. The van der Waals surface area contributed by atoms with Crippen molar-refractivity contribution in [3.63, 3.8) is 0 Å². The lowest BCUT2D eigenvalue weighted by atomic mass is 9.95. The van der Waals surface area contributed by atoms with Crippen molar-refractivity contribution >= 4 is 40.5 Å². The fourth-order valence-electron chi connectivity index (χ4n) is 7.59. The summed E-state index contributed by atoms with van der Waals surface area (Å²) < 4.78 is 38.8. The van der Waals surface area contributed by atoms with E-state index in [0.717, 1.165) is 33.2 Å². The average molecular weight is 940 g/mol. The second-order valence-corrected chi connectivity index (χ2v) is 17.0. The largest absolute Gasteiger partial charge is 0.491 e. The Morgan fingerprint density at radius 2 is 1.54 bits per heavy atom. The zero-order valence-electron chi connectivity index (χ0n) is 39.9. The molecule has 18 heteroatoms. The molecule has 4 aromatic rings. The summed E-state index contributed by atoms with van der Waals surface area (Å²) >= 11 is 0. The highest BCUT2D eigenvalue weighted by Crippen LogP contribution is 2.35. The molecule has 1 fully saturated rings. The van der Waals surface area contributed by atoms with E-state index in [2.05, 4.69) is 20.3 Å². The van der Waals surface area contributed by atoms with Gasteiger partial charge in [0.15, 0.2) is 0 Å². The number of hydrogen-bond acceptors (Lipinski definition) is 13. The average Bonchev–Trinajstić information content (AvgIpc) is 3.83. The number of esters is 1. The number of carbonyl (C=O) groups excluding carboxylic acids is 4. The van der Waals surface area contributed by atoms with E-state index in [4.69, 9.17) is 38.7 Å². The van der Waals surface area contributed by atoms with Crippen LogP contribution in [0.4, 0.5) is 10.6 Å². The van der Waals surface area contributed by atoms with Gasteiger partial charge in [0.2, 0.25) is 11.8 Å². The van der Waals surface area contributed by atoms with Crippen LogP contribution in [0, 0.1) is 6.92 Å². The molecule has 1 aromatic heterocycles. The lowest BCUT2D eigenvalue weighted by molar-refractivity contribution is -0.142. The number of pyridine rings is 1. The number of hydrogen-bond donors (Lipinski definition) is 1. The monoisotopic (exact) mass is 939 g/mol. The van der Waals surface area contributed by atoms with E-state index in [1.165, 1.54) is 12.0 Å². The molecule has 2 atom stereocenters. The van der Waals surface area contributed by atoms with Crippen LogP contribution in [0.2, 0.25) is 0 Å². The number of anilines is 1. The molecule has 68 heavy (non-hydrogen) atoms. The minimum absolute atomic E-state index is 0.101. The van der Waals surface area contributed by atoms with Gasteiger partial charge < -0.3 is 43.4 Å². The highest BCUT2D eigenvalue weighted by Gasteiger charge is 2.35. The number of benzene rings is 3. The number of nitrogens with zero attached hydrogens (tertiary/aromatic N) is 6. The van der Waals surface area contributed by atoms with E-state index >= 15 is 0 Å². The molecule has 0 unspecified atom stereocenters. The first-order chi connectivity index (χ1) is 32.9. The fraction of sp³-hybridized carbons (Fsp3) is 0.500. The van der Waals surface area contributed by atoms with Crippen LogP contribution in [-0.4, -0.2) is 132 Å². The van der Waals surface area contributed by atoms with Crippen molar-refractivity contribution in [3.8, 4) is 16.9 Å². The van der Waals surface area contributed by atoms with Crippen molar-refractivity contribution in [2.24, 2.45) is 5.11 Å². The maximum absolute atomic E-state index is 14.0. The third kappa shape index (κ3) is 16.8. The van der Waals surface area contributed by atoms with Gasteiger partial charge in [-0.3, -0.25) is 19.3 Å². The second kappa shape index (κ2) is 27.5. The van der Waals surface area contributed by atoms with Crippen LogP contribution in [0.1, 0.15) is 70.0 Å². The van der Waals surface area contributed by atoms with E-state index in [1.54, 1.807) is 37.9 Å². The normalized spacial score (nSPS) is 14.0. The van der Waals surface area contributed by atoms with Crippen LogP contribution in [0.3, 0.4) is 0 Å². The second-order valence-electron chi connectivity index (χ2n) is 17.0. The van der Waals surface area contributed by atoms with Crippen LogP contribution < -0.4 is 15.0 Å². The van der Waals surface area contributed by atoms with Gasteiger partial charge in [-0.1, -0.05) is 59.7 Å². The number of likely N-dealkylation sites (tertiary alicyclic amines) is 1. The molecule has 1 aliphatic heterocycles. The lowest BCUT2D eigenvalue weighted by Gasteiger charge is -2.28. The Balaban J connectivity index is 1.13. The van der Waals surface area contributed by atoms with Crippen molar-refractivity contribution in [1.29, 1.82) is 0 Å². The van der Waals surface area contributed by atoms with E-state index < -0.39 is 29.7 Å². The Kier molecular flexibility index (Phi) is 21.3. The number of azide groups is 1. The number of fused-ring (bicyclic) bond motifs is 1. The smallest absolute Gasteiger partial charge is 0.416 e. The number of carbonyl (C=O) groups is 4. The SMILES string of the molecule is COC(=O)C[C@H](NC(=O)[C@@H]1CCCN1C(=O)CCCN(C(=O)OC(C)(C)C)c1cc(C)ccn1)c1ccc(-c2ccc(OCCOCCOCCOCCOCCN=[N+]=[N-])c3ccccc23)cc1. The van der Waals surface area contributed by atoms with Crippen LogP contribution >= 0.6 is 0 Å². The molecule has 1 N–H and O–H groups in total. The molecule has 5 rings (SSSR count). The molecule has 3 aromatic carbocycles. The number of ether oxygens (including phenoxy) is 7. The topological polar surface area (TPSA) is 213 Å². The Morgan fingerprint density at radius 1 is 0.882 bits per heavy atom. The van der Waals surface area contributed by atoms with E-state index in [0.29, 0.717) is 103 Å². The summed E-state index contributed by atoms with van der Waals surface area (Å²) in [6, 6.07) is 21.8. The summed E-state index contributed by atoms with van der Waals surface area (Å²) in [6.07, 6.45) is 2.53. The first-order valence-electron chi connectivity index (χ1n) is 23.0. The van der Waals surface area contributed by atoms with E-state index in [9.17, 15) is 19.2 Å². The summed E-state index contributed by atoms with van der Waals surface area (Å²) in [5, 5.41) is 8.38. The molecular formula is C50H65N7O11. The highest BCUT2D eigenvalue weighted by atomic mass is 16.6. The molecular weight excluding hydrogens is 875 g/mol. The summed E-state index contributed by atoms with van der Waals surface area (Å²) in [4.78, 5) is 63.5. The van der Waals surface area contributed by atoms with Crippen molar-refractivity contribution in [3.05, 3.63) is 101 Å². The number of amides is 3.